The van der Waals surface area contributed by atoms with E-state index >= 15 is 0 Å². The van der Waals surface area contributed by atoms with Crippen LogP contribution in [0, 0.1) is 0 Å². The number of halogens is 2. The summed E-state index contributed by atoms with van der Waals surface area (Å²) < 4.78 is 2.23. The molecule has 27 heavy (non-hydrogen) atoms. The van der Waals surface area contributed by atoms with E-state index in [1.165, 1.54) is 0 Å². The Labute approximate surface area is 169 Å². The van der Waals surface area contributed by atoms with Crippen molar-refractivity contribution in [3.63, 3.8) is 0 Å². The molecule has 0 saturated carbocycles. The number of hydrogen-bond donors (Lipinski definition) is 2. The lowest BCUT2D eigenvalue weighted by molar-refractivity contribution is -0.648. The van der Waals surface area contributed by atoms with Crippen LogP contribution in [-0.4, -0.2) is 0 Å². The molecule has 0 unspecified atom stereocenters. The Kier molecular flexibility index (Phi) is 5.26. The molecule has 4 rings (SSSR count). The molecule has 0 aliphatic rings. The number of nitrogens with zero attached hydrogens (tertiary/aromatic N) is 1. The van der Waals surface area contributed by atoms with Crippen molar-refractivity contribution < 1.29 is 17.0 Å². The Bertz CT molecular complexity index is 1150. The van der Waals surface area contributed by atoms with Crippen LogP contribution in [0.5, 0.6) is 0 Å². The van der Waals surface area contributed by atoms with Gasteiger partial charge in [0.05, 0.1) is 10.8 Å². The molecule has 3 nitrogen and oxygen atoms in total. The first-order valence-corrected chi connectivity index (χ1v) is 8.77. The van der Waals surface area contributed by atoms with Gasteiger partial charge in [-0.2, -0.15) is 4.57 Å². The van der Waals surface area contributed by atoms with Gasteiger partial charge in [-0.15, -0.1) is 0 Å². The van der Waals surface area contributed by atoms with Gasteiger partial charge >= 0.3 is 0 Å². The van der Waals surface area contributed by atoms with Crippen molar-refractivity contribution >= 4 is 44.7 Å². The number of nitrogens with two attached hydrogens (primary N) is 2. The predicted octanol–water partition coefficient (Wildman–Crippen LogP) is 1.96. The lowest BCUT2D eigenvalue weighted by Gasteiger charge is -2.12. The van der Waals surface area contributed by atoms with Gasteiger partial charge in [-0.3, -0.25) is 0 Å². The van der Waals surface area contributed by atoms with Crippen molar-refractivity contribution in [3.05, 3.63) is 78.3 Å². The minimum atomic E-state index is 0. The molecule has 0 radical (unpaired) electrons. The molecule has 4 N–H and O–H groups in total. The maximum Gasteiger partial charge on any atom is 0.221 e. The second kappa shape index (κ2) is 7.47. The summed E-state index contributed by atoms with van der Waals surface area (Å²) in [6.07, 6.45) is 1.89. The topological polar surface area (TPSA) is 55.9 Å². The summed E-state index contributed by atoms with van der Waals surface area (Å²) >= 11 is 6.10. The van der Waals surface area contributed by atoms with Gasteiger partial charge in [-0.05, 0) is 54.6 Å². The van der Waals surface area contributed by atoms with Crippen LogP contribution in [0.25, 0.3) is 32.9 Å². The number of anilines is 2. The molecule has 1 aromatic heterocycles. The third-order valence-corrected chi connectivity index (χ3v) is 4.85. The van der Waals surface area contributed by atoms with Gasteiger partial charge in [-0.1, -0.05) is 24.2 Å². The highest BCUT2D eigenvalue weighted by Crippen LogP contribution is 2.33. The standard InChI is InChI=1S/C22H18ClN3.ClH/c1-2-11-26-21-13-17(25)8-10-19(21)18-9-7-16(24)12-20(18)22(26)14-3-5-15(23)6-4-14;/h2-10,12-13,25H,1,11,24H2;1H. The van der Waals surface area contributed by atoms with E-state index in [2.05, 4.69) is 23.3 Å². The largest absolute Gasteiger partial charge is 1.00 e. The third-order valence-electron chi connectivity index (χ3n) is 4.60. The van der Waals surface area contributed by atoms with Crippen molar-refractivity contribution in [1.82, 2.24) is 0 Å². The highest BCUT2D eigenvalue weighted by atomic mass is 35.5. The maximum atomic E-state index is 6.12. The molecule has 0 bridgehead atoms. The Morgan fingerprint density at radius 3 is 2.15 bits per heavy atom. The summed E-state index contributed by atoms with van der Waals surface area (Å²) in [7, 11) is 0. The van der Waals surface area contributed by atoms with Crippen LogP contribution >= 0.6 is 11.6 Å². The van der Waals surface area contributed by atoms with Crippen LogP contribution < -0.4 is 28.4 Å². The fourth-order valence-corrected chi connectivity index (χ4v) is 3.62. The Morgan fingerprint density at radius 1 is 0.852 bits per heavy atom. The van der Waals surface area contributed by atoms with Gasteiger partial charge in [0.15, 0.2) is 6.54 Å². The molecule has 136 valence electrons. The predicted molar refractivity (Wildman–Crippen MR) is 111 cm³/mol. The summed E-state index contributed by atoms with van der Waals surface area (Å²) in [5.74, 6) is 0. The number of aromatic nitrogens is 1. The van der Waals surface area contributed by atoms with Crippen molar-refractivity contribution in [2.75, 3.05) is 11.5 Å². The first-order chi connectivity index (χ1) is 12.6. The van der Waals surface area contributed by atoms with E-state index in [9.17, 15) is 0 Å². The van der Waals surface area contributed by atoms with Gasteiger partial charge in [-0.25, -0.2) is 0 Å². The lowest BCUT2D eigenvalue weighted by atomic mass is 9.98. The van der Waals surface area contributed by atoms with Crippen LogP contribution in [0.1, 0.15) is 0 Å². The van der Waals surface area contributed by atoms with E-state index in [1.54, 1.807) is 0 Å². The average molecular weight is 396 g/mol. The van der Waals surface area contributed by atoms with Crippen molar-refractivity contribution in [2.24, 2.45) is 0 Å². The Hall–Kier alpha value is -2.75. The molecule has 4 aromatic rings. The normalized spacial score (nSPS) is 10.7. The number of hydrogen-bond acceptors (Lipinski definition) is 2. The van der Waals surface area contributed by atoms with E-state index in [1.807, 2.05) is 54.6 Å². The van der Waals surface area contributed by atoms with Crippen molar-refractivity contribution in [3.8, 4) is 11.3 Å². The Balaban J connectivity index is 0.00000210. The van der Waals surface area contributed by atoms with Gasteiger partial charge in [0.2, 0.25) is 11.2 Å². The zero-order valence-electron chi connectivity index (χ0n) is 14.6. The minimum Gasteiger partial charge on any atom is -1.00 e. The minimum absolute atomic E-state index is 0. The zero-order valence-corrected chi connectivity index (χ0v) is 16.1. The second-order valence-corrected chi connectivity index (χ2v) is 6.77. The molecule has 0 atom stereocenters. The molecule has 0 fully saturated rings. The number of fused-ring (bicyclic) bond motifs is 3. The maximum absolute atomic E-state index is 6.12. The van der Waals surface area contributed by atoms with Crippen molar-refractivity contribution in [2.45, 2.75) is 6.54 Å². The van der Waals surface area contributed by atoms with E-state index in [-0.39, 0.29) is 12.4 Å². The monoisotopic (exact) mass is 395 g/mol. The molecule has 0 spiro atoms. The van der Waals surface area contributed by atoms with E-state index < -0.39 is 0 Å². The molecule has 3 aromatic carbocycles. The van der Waals surface area contributed by atoms with Crippen LogP contribution in [0.15, 0.2) is 73.3 Å². The molecule has 0 aliphatic heterocycles. The first-order valence-electron chi connectivity index (χ1n) is 8.39. The summed E-state index contributed by atoms with van der Waals surface area (Å²) in [5, 5.41) is 4.07. The van der Waals surface area contributed by atoms with Gasteiger partial charge < -0.3 is 23.9 Å². The summed E-state index contributed by atoms with van der Waals surface area (Å²) in [6, 6.07) is 19.9. The fraction of sp³-hybridized carbons (Fsp3) is 0.0455. The highest BCUT2D eigenvalue weighted by Gasteiger charge is 2.22. The van der Waals surface area contributed by atoms with E-state index in [0.29, 0.717) is 11.6 Å². The number of allylic oxidation sites excluding steroid dienone is 1. The van der Waals surface area contributed by atoms with E-state index in [0.717, 1.165) is 44.3 Å². The SMILES string of the molecule is C=CC[n+]1c(-c2ccc(Cl)cc2)c2cc(N)ccc2c2ccc(N)cc21.[Cl-]. The molecular formula is C22H19Cl2N3. The van der Waals surface area contributed by atoms with Gasteiger partial charge in [0.1, 0.15) is 0 Å². The molecule has 0 saturated heterocycles. The van der Waals surface area contributed by atoms with E-state index in [4.69, 9.17) is 23.1 Å². The molecule has 0 amide bonds. The number of pyridine rings is 1. The Morgan fingerprint density at radius 2 is 1.48 bits per heavy atom. The van der Waals surface area contributed by atoms with Gasteiger partial charge in [0.25, 0.3) is 0 Å². The molecule has 0 aliphatic carbocycles. The summed E-state index contributed by atoms with van der Waals surface area (Å²) in [6.45, 7) is 4.59. The van der Waals surface area contributed by atoms with Crippen LogP contribution in [0.3, 0.4) is 0 Å². The zero-order chi connectivity index (χ0) is 18.3. The van der Waals surface area contributed by atoms with Crippen molar-refractivity contribution in [1.29, 1.82) is 0 Å². The summed E-state index contributed by atoms with van der Waals surface area (Å²) in [4.78, 5) is 0. The quantitative estimate of drug-likeness (QED) is 0.241. The van der Waals surface area contributed by atoms with Gasteiger partial charge in [0, 0.05) is 33.4 Å². The number of rotatable bonds is 3. The fourth-order valence-electron chi connectivity index (χ4n) is 3.50. The lowest BCUT2D eigenvalue weighted by Crippen LogP contribution is -3.00. The highest BCUT2D eigenvalue weighted by molar-refractivity contribution is 6.30. The molecular weight excluding hydrogens is 377 g/mol. The summed E-state index contributed by atoms with van der Waals surface area (Å²) in [5.41, 5.74) is 16.9. The number of benzene rings is 3. The first kappa shape index (κ1) is 19.0. The van der Waals surface area contributed by atoms with Crippen LogP contribution in [-0.2, 0) is 6.54 Å². The number of nitrogen functional groups attached to an aromatic ring is 2. The molecule has 5 heteroatoms. The second-order valence-electron chi connectivity index (χ2n) is 6.34. The van der Waals surface area contributed by atoms with Crippen LogP contribution in [0.2, 0.25) is 5.02 Å². The van der Waals surface area contributed by atoms with Crippen LogP contribution in [0.4, 0.5) is 11.4 Å². The smallest absolute Gasteiger partial charge is 0.221 e. The molecule has 1 heterocycles. The average Bonchev–Trinajstić information content (AvgIpc) is 2.63. The third kappa shape index (κ3) is 3.32.